The monoisotopic (exact) mass is 259 g/mol. The summed E-state index contributed by atoms with van der Waals surface area (Å²) in [5, 5.41) is 8.97. The Morgan fingerprint density at radius 2 is 2.00 bits per heavy atom. The number of benzene rings is 1. The van der Waals surface area contributed by atoms with E-state index in [1.807, 2.05) is 6.92 Å². The Hall–Kier alpha value is -2.56. The number of carboxylic acids is 1. The summed E-state index contributed by atoms with van der Waals surface area (Å²) in [6.07, 6.45) is 1.29. The van der Waals surface area contributed by atoms with Crippen LogP contribution in [0.4, 0.5) is 0 Å². The Morgan fingerprint density at radius 3 is 2.68 bits per heavy atom. The molecule has 19 heavy (non-hydrogen) atoms. The quantitative estimate of drug-likeness (QED) is 0.911. The van der Waals surface area contributed by atoms with E-state index in [-0.39, 0.29) is 11.1 Å². The van der Waals surface area contributed by atoms with E-state index in [0.717, 1.165) is 0 Å². The minimum atomic E-state index is -1.08. The van der Waals surface area contributed by atoms with Crippen molar-refractivity contribution in [1.29, 1.82) is 0 Å². The number of carboxylic acid groups (broad SMARTS) is 1. The number of rotatable bonds is 4. The second-order valence-corrected chi connectivity index (χ2v) is 3.83. The molecule has 0 bridgehead atoms. The molecule has 0 spiro atoms. The van der Waals surface area contributed by atoms with Gasteiger partial charge in [0.25, 0.3) is 5.56 Å². The number of pyridine rings is 1. The lowest BCUT2D eigenvalue weighted by molar-refractivity contribution is 0.0696. The molecule has 5 nitrogen and oxygen atoms in total. The van der Waals surface area contributed by atoms with Gasteiger partial charge in [-0.15, -0.1) is 0 Å². The van der Waals surface area contributed by atoms with Crippen molar-refractivity contribution in [2.75, 3.05) is 6.61 Å². The van der Waals surface area contributed by atoms with Crippen LogP contribution in [0, 0.1) is 0 Å². The predicted molar refractivity (Wildman–Crippen MR) is 70.2 cm³/mol. The van der Waals surface area contributed by atoms with Crippen LogP contribution in [-0.2, 0) is 0 Å². The van der Waals surface area contributed by atoms with Gasteiger partial charge in [0.05, 0.1) is 17.9 Å². The van der Waals surface area contributed by atoms with Crippen LogP contribution >= 0.6 is 0 Å². The van der Waals surface area contributed by atoms with Gasteiger partial charge in [-0.05, 0) is 25.1 Å². The van der Waals surface area contributed by atoms with Crippen LogP contribution in [0.3, 0.4) is 0 Å². The number of hydrogen-bond acceptors (Lipinski definition) is 3. The lowest BCUT2D eigenvalue weighted by Gasteiger charge is -2.12. The third kappa shape index (κ3) is 2.65. The number of carbonyl (C=O) groups is 1. The summed E-state index contributed by atoms with van der Waals surface area (Å²) < 4.78 is 6.71. The van der Waals surface area contributed by atoms with Gasteiger partial charge in [0.1, 0.15) is 5.75 Å². The highest BCUT2D eigenvalue weighted by atomic mass is 16.5. The van der Waals surface area contributed by atoms with Gasteiger partial charge in [-0.25, -0.2) is 4.79 Å². The topological polar surface area (TPSA) is 68.5 Å². The van der Waals surface area contributed by atoms with Crippen molar-refractivity contribution in [3.05, 3.63) is 58.5 Å². The van der Waals surface area contributed by atoms with Crippen molar-refractivity contribution in [1.82, 2.24) is 4.57 Å². The summed E-state index contributed by atoms with van der Waals surface area (Å²) in [6.45, 7) is 2.30. The predicted octanol–water partition coefficient (Wildman–Crippen LogP) is 1.93. The van der Waals surface area contributed by atoms with E-state index >= 15 is 0 Å². The third-order valence-corrected chi connectivity index (χ3v) is 2.58. The minimum Gasteiger partial charge on any atom is -0.492 e. The molecular weight excluding hydrogens is 246 g/mol. The molecule has 1 aromatic carbocycles. The van der Waals surface area contributed by atoms with Crippen molar-refractivity contribution in [2.45, 2.75) is 6.92 Å². The Labute approximate surface area is 109 Å². The van der Waals surface area contributed by atoms with Gasteiger partial charge in [0.2, 0.25) is 0 Å². The Balaban J connectivity index is 2.61. The number of para-hydroxylation sites is 2. The summed E-state index contributed by atoms with van der Waals surface area (Å²) in [5.41, 5.74) is 0.264. The molecule has 2 aromatic rings. The molecule has 5 heteroatoms. The maximum absolute atomic E-state index is 11.9. The third-order valence-electron chi connectivity index (χ3n) is 2.58. The smallest absolute Gasteiger partial charge is 0.337 e. The second-order valence-electron chi connectivity index (χ2n) is 3.83. The van der Waals surface area contributed by atoms with Crippen LogP contribution in [-0.4, -0.2) is 22.2 Å². The van der Waals surface area contributed by atoms with E-state index in [9.17, 15) is 9.59 Å². The number of aromatic carboxylic acids is 1. The molecule has 0 aliphatic heterocycles. The van der Waals surface area contributed by atoms with Crippen LogP contribution in [0.25, 0.3) is 5.69 Å². The van der Waals surface area contributed by atoms with Crippen molar-refractivity contribution in [3.8, 4) is 11.4 Å². The maximum Gasteiger partial charge on any atom is 0.337 e. The Bertz CT molecular complexity index is 660. The lowest BCUT2D eigenvalue weighted by Crippen LogP contribution is -2.19. The van der Waals surface area contributed by atoms with E-state index in [1.54, 1.807) is 24.3 Å². The van der Waals surface area contributed by atoms with Gasteiger partial charge >= 0.3 is 5.97 Å². The number of hydrogen-bond donors (Lipinski definition) is 1. The van der Waals surface area contributed by atoms with E-state index in [1.165, 1.54) is 22.9 Å². The fourth-order valence-electron chi connectivity index (χ4n) is 1.74. The molecule has 0 unspecified atom stereocenters. The molecule has 1 N–H and O–H groups in total. The normalized spacial score (nSPS) is 10.2. The zero-order chi connectivity index (χ0) is 13.8. The van der Waals surface area contributed by atoms with Gasteiger partial charge in [-0.3, -0.25) is 9.36 Å². The van der Waals surface area contributed by atoms with Crippen LogP contribution in [0.5, 0.6) is 5.75 Å². The van der Waals surface area contributed by atoms with E-state index in [0.29, 0.717) is 18.0 Å². The molecule has 98 valence electrons. The molecule has 1 heterocycles. The summed E-state index contributed by atoms with van der Waals surface area (Å²) >= 11 is 0. The molecule has 0 aliphatic rings. The van der Waals surface area contributed by atoms with Crippen molar-refractivity contribution in [3.63, 3.8) is 0 Å². The molecule has 0 amide bonds. The lowest BCUT2D eigenvalue weighted by atomic mass is 10.2. The minimum absolute atomic E-state index is 0.0471. The standard InChI is InChI=1S/C14H13NO4/c1-2-19-12-6-4-3-5-11(12)15-9-10(14(17)18)7-8-13(15)16/h3-9H,2H2,1H3,(H,17,18). The van der Waals surface area contributed by atoms with Gasteiger partial charge < -0.3 is 9.84 Å². The van der Waals surface area contributed by atoms with E-state index < -0.39 is 5.97 Å². The summed E-state index contributed by atoms with van der Waals surface area (Å²) in [7, 11) is 0. The molecule has 0 saturated heterocycles. The molecule has 0 fully saturated rings. The maximum atomic E-state index is 11.9. The average Bonchev–Trinajstić information content (AvgIpc) is 2.40. The Kier molecular flexibility index (Phi) is 3.66. The highest BCUT2D eigenvalue weighted by Crippen LogP contribution is 2.21. The van der Waals surface area contributed by atoms with Gasteiger partial charge in [-0.2, -0.15) is 0 Å². The largest absolute Gasteiger partial charge is 0.492 e. The number of nitrogens with zero attached hydrogens (tertiary/aromatic N) is 1. The molecule has 0 atom stereocenters. The fraction of sp³-hybridized carbons (Fsp3) is 0.143. The van der Waals surface area contributed by atoms with Crippen LogP contribution in [0.2, 0.25) is 0 Å². The molecule has 0 radical (unpaired) electrons. The van der Waals surface area contributed by atoms with Crippen LogP contribution in [0.15, 0.2) is 47.4 Å². The zero-order valence-electron chi connectivity index (χ0n) is 10.4. The first-order valence-corrected chi connectivity index (χ1v) is 5.81. The highest BCUT2D eigenvalue weighted by molar-refractivity contribution is 5.87. The Morgan fingerprint density at radius 1 is 1.26 bits per heavy atom. The first-order valence-electron chi connectivity index (χ1n) is 5.81. The van der Waals surface area contributed by atoms with Crippen LogP contribution < -0.4 is 10.3 Å². The van der Waals surface area contributed by atoms with Gasteiger partial charge in [-0.1, -0.05) is 12.1 Å². The fourth-order valence-corrected chi connectivity index (χ4v) is 1.74. The zero-order valence-corrected chi connectivity index (χ0v) is 10.4. The molecule has 0 saturated carbocycles. The summed E-state index contributed by atoms with van der Waals surface area (Å²) in [5.74, 6) is -0.544. The van der Waals surface area contributed by atoms with E-state index in [2.05, 4.69) is 0 Å². The first kappa shape index (κ1) is 12.9. The molecular formula is C14H13NO4. The second kappa shape index (κ2) is 5.39. The van der Waals surface area contributed by atoms with Gasteiger partial charge in [0.15, 0.2) is 0 Å². The highest BCUT2D eigenvalue weighted by Gasteiger charge is 2.10. The first-order chi connectivity index (χ1) is 9.13. The van der Waals surface area contributed by atoms with E-state index in [4.69, 9.17) is 9.84 Å². The summed E-state index contributed by atoms with van der Waals surface area (Å²) in [4.78, 5) is 22.8. The summed E-state index contributed by atoms with van der Waals surface area (Å²) in [6, 6.07) is 9.51. The molecule has 1 aromatic heterocycles. The molecule has 0 aliphatic carbocycles. The number of ether oxygens (including phenoxy) is 1. The van der Waals surface area contributed by atoms with Crippen molar-refractivity contribution < 1.29 is 14.6 Å². The SMILES string of the molecule is CCOc1ccccc1-n1cc(C(=O)O)ccc1=O. The molecule has 2 rings (SSSR count). The number of aromatic nitrogens is 1. The van der Waals surface area contributed by atoms with Gasteiger partial charge in [0, 0.05) is 12.3 Å². The van der Waals surface area contributed by atoms with Crippen molar-refractivity contribution in [2.24, 2.45) is 0 Å². The van der Waals surface area contributed by atoms with Crippen LogP contribution in [0.1, 0.15) is 17.3 Å². The average molecular weight is 259 g/mol. The van der Waals surface area contributed by atoms with Crippen molar-refractivity contribution >= 4 is 5.97 Å².